The molecule has 1 amide bonds. The fourth-order valence-corrected chi connectivity index (χ4v) is 3.36. The van der Waals surface area contributed by atoms with Crippen LogP contribution in [0.25, 0.3) is 5.82 Å². The van der Waals surface area contributed by atoms with Gasteiger partial charge in [0.1, 0.15) is 11.6 Å². The van der Waals surface area contributed by atoms with E-state index < -0.39 is 0 Å². The van der Waals surface area contributed by atoms with Gasteiger partial charge in [-0.15, -0.1) is 10.2 Å². The molecule has 1 atom stereocenters. The lowest BCUT2D eigenvalue weighted by atomic mass is 9.86. The van der Waals surface area contributed by atoms with Crippen LogP contribution in [-0.4, -0.2) is 33.0 Å². The van der Waals surface area contributed by atoms with E-state index in [2.05, 4.69) is 20.6 Å². The molecule has 0 radical (unpaired) electrons. The van der Waals surface area contributed by atoms with E-state index in [1.807, 2.05) is 31.2 Å². The number of fused-ring (bicyclic) bond motifs is 1. The number of aryl methyl sites for hydroxylation is 1. The summed E-state index contributed by atoms with van der Waals surface area (Å²) in [6.07, 6.45) is 0.359. The van der Waals surface area contributed by atoms with Crippen LogP contribution in [0.3, 0.4) is 0 Å². The van der Waals surface area contributed by atoms with Gasteiger partial charge < -0.3 is 10.1 Å². The average molecular weight is 370 g/mol. The van der Waals surface area contributed by atoms with Crippen LogP contribution in [0.5, 0.6) is 5.75 Å². The number of nitrogens with zero attached hydrogens (tertiary/aromatic N) is 4. The number of anilines is 1. The molecule has 0 fully saturated rings. The Morgan fingerprint density at radius 2 is 1.96 bits per heavy atom. The molecule has 0 saturated carbocycles. The molecule has 1 aromatic carbocycles. The standard InChI is InChI=1S/C18H16ClN5O2/c1-10-17-13(11-3-5-12(26-2)6-4-11)9-16(25)20-18(17)24(23-10)15-8-7-14(19)21-22-15/h3-8,13H,9H2,1-2H3,(H,20,25). The lowest BCUT2D eigenvalue weighted by molar-refractivity contribution is -0.116. The minimum Gasteiger partial charge on any atom is -0.497 e. The topological polar surface area (TPSA) is 81.9 Å². The molecular weight excluding hydrogens is 354 g/mol. The molecule has 132 valence electrons. The third kappa shape index (κ3) is 2.80. The maximum atomic E-state index is 12.3. The molecule has 0 saturated heterocycles. The van der Waals surface area contributed by atoms with E-state index in [1.54, 1.807) is 23.9 Å². The first-order valence-corrected chi connectivity index (χ1v) is 8.47. The number of halogens is 1. The monoisotopic (exact) mass is 369 g/mol. The maximum Gasteiger partial charge on any atom is 0.226 e. The lowest BCUT2D eigenvalue weighted by Crippen LogP contribution is -2.25. The van der Waals surface area contributed by atoms with Crippen molar-refractivity contribution in [2.75, 3.05) is 12.4 Å². The van der Waals surface area contributed by atoms with E-state index in [9.17, 15) is 4.79 Å². The highest BCUT2D eigenvalue weighted by Gasteiger charge is 2.32. The number of hydrogen-bond donors (Lipinski definition) is 1. The molecule has 4 rings (SSSR count). The van der Waals surface area contributed by atoms with Gasteiger partial charge in [0, 0.05) is 17.9 Å². The Morgan fingerprint density at radius 3 is 2.62 bits per heavy atom. The van der Waals surface area contributed by atoms with Gasteiger partial charge in [-0.1, -0.05) is 23.7 Å². The van der Waals surface area contributed by atoms with E-state index in [4.69, 9.17) is 16.3 Å². The predicted molar refractivity (Wildman–Crippen MR) is 97.0 cm³/mol. The van der Waals surface area contributed by atoms with Gasteiger partial charge in [0.25, 0.3) is 0 Å². The summed E-state index contributed by atoms with van der Waals surface area (Å²) in [6, 6.07) is 11.1. The van der Waals surface area contributed by atoms with Crippen LogP contribution in [-0.2, 0) is 4.79 Å². The van der Waals surface area contributed by atoms with Crippen molar-refractivity contribution < 1.29 is 9.53 Å². The van der Waals surface area contributed by atoms with Crippen molar-refractivity contribution in [1.29, 1.82) is 0 Å². The number of aromatic nitrogens is 4. The van der Waals surface area contributed by atoms with E-state index >= 15 is 0 Å². The Kier molecular flexibility index (Phi) is 4.08. The predicted octanol–water partition coefficient (Wildman–Crippen LogP) is 3.11. The third-order valence-corrected chi connectivity index (χ3v) is 4.66. The number of nitrogens with one attached hydrogen (secondary N) is 1. The van der Waals surface area contributed by atoms with E-state index in [0.29, 0.717) is 23.2 Å². The molecule has 1 unspecified atom stereocenters. The summed E-state index contributed by atoms with van der Waals surface area (Å²) in [5, 5.41) is 15.7. The van der Waals surface area contributed by atoms with Crippen molar-refractivity contribution in [2.45, 2.75) is 19.3 Å². The largest absolute Gasteiger partial charge is 0.497 e. The fourth-order valence-electron chi connectivity index (χ4n) is 3.26. The minimum absolute atomic E-state index is 0.0682. The first-order valence-electron chi connectivity index (χ1n) is 8.09. The Hall–Kier alpha value is -2.93. The number of rotatable bonds is 3. The second-order valence-electron chi connectivity index (χ2n) is 6.05. The minimum atomic E-state index is -0.0846. The van der Waals surface area contributed by atoms with Crippen LogP contribution in [0, 0.1) is 6.92 Å². The molecule has 0 aliphatic carbocycles. The second kappa shape index (κ2) is 6.42. The van der Waals surface area contributed by atoms with Crippen molar-refractivity contribution in [3.05, 3.63) is 58.4 Å². The maximum absolute atomic E-state index is 12.3. The van der Waals surface area contributed by atoms with Crippen molar-refractivity contribution in [3.63, 3.8) is 0 Å². The number of carbonyl (C=O) groups is 1. The summed E-state index contributed by atoms with van der Waals surface area (Å²) in [5.74, 6) is 1.74. The van der Waals surface area contributed by atoms with Crippen LogP contribution in [0.15, 0.2) is 36.4 Å². The molecule has 2 aromatic heterocycles. The lowest BCUT2D eigenvalue weighted by Gasteiger charge is -2.24. The highest BCUT2D eigenvalue weighted by Crippen LogP contribution is 2.40. The highest BCUT2D eigenvalue weighted by molar-refractivity contribution is 6.29. The summed E-state index contributed by atoms with van der Waals surface area (Å²) in [5.41, 5.74) is 2.84. The van der Waals surface area contributed by atoms with Gasteiger partial charge in [0.15, 0.2) is 11.0 Å². The van der Waals surface area contributed by atoms with Gasteiger partial charge in [-0.25, -0.2) is 0 Å². The molecule has 1 aliphatic heterocycles. The zero-order valence-electron chi connectivity index (χ0n) is 14.2. The molecule has 0 bridgehead atoms. The summed E-state index contributed by atoms with van der Waals surface area (Å²) in [7, 11) is 1.63. The summed E-state index contributed by atoms with van der Waals surface area (Å²) in [4.78, 5) is 12.3. The van der Waals surface area contributed by atoms with Gasteiger partial charge in [-0.2, -0.15) is 9.78 Å². The van der Waals surface area contributed by atoms with Crippen LogP contribution in [0.1, 0.15) is 29.2 Å². The molecule has 3 heterocycles. The van der Waals surface area contributed by atoms with Crippen molar-refractivity contribution >= 4 is 23.3 Å². The van der Waals surface area contributed by atoms with E-state index in [1.165, 1.54) is 0 Å². The molecule has 7 nitrogen and oxygen atoms in total. The van der Waals surface area contributed by atoms with Crippen molar-refractivity contribution in [2.24, 2.45) is 0 Å². The Bertz CT molecular complexity index is 966. The fraction of sp³-hybridized carbons (Fsp3) is 0.222. The number of hydrogen-bond acceptors (Lipinski definition) is 5. The van der Waals surface area contributed by atoms with Gasteiger partial charge >= 0.3 is 0 Å². The van der Waals surface area contributed by atoms with Crippen molar-refractivity contribution in [3.8, 4) is 11.6 Å². The molecular formula is C18H16ClN5O2. The average Bonchev–Trinajstić information content (AvgIpc) is 2.98. The quantitative estimate of drug-likeness (QED) is 0.767. The van der Waals surface area contributed by atoms with Crippen LogP contribution < -0.4 is 10.1 Å². The Balaban J connectivity index is 1.82. The molecule has 1 N–H and O–H groups in total. The number of amides is 1. The van der Waals surface area contributed by atoms with Crippen LogP contribution in [0.4, 0.5) is 5.82 Å². The van der Waals surface area contributed by atoms with Gasteiger partial charge in [-0.05, 0) is 36.8 Å². The zero-order valence-corrected chi connectivity index (χ0v) is 15.0. The summed E-state index contributed by atoms with van der Waals surface area (Å²) < 4.78 is 6.82. The molecule has 3 aromatic rings. The number of carbonyl (C=O) groups excluding carboxylic acids is 1. The summed E-state index contributed by atoms with van der Waals surface area (Å²) >= 11 is 5.82. The normalized spacial score (nSPS) is 16.1. The SMILES string of the molecule is COc1ccc(C2CC(=O)Nc3c2c(C)nn3-c2ccc(Cl)nn2)cc1. The third-order valence-electron chi connectivity index (χ3n) is 4.46. The second-order valence-corrected chi connectivity index (χ2v) is 6.44. The van der Waals surface area contributed by atoms with Crippen molar-refractivity contribution in [1.82, 2.24) is 20.0 Å². The Morgan fingerprint density at radius 1 is 1.19 bits per heavy atom. The molecule has 0 spiro atoms. The number of methoxy groups -OCH3 is 1. The molecule has 1 aliphatic rings. The highest BCUT2D eigenvalue weighted by atomic mass is 35.5. The first-order chi connectivity index (χ1) is 12.6. The summed E-state index contributed by atoms with van der Waals surface area (Å²) in [6.45, 7) is 1.92. The van der Waals surface area contributed by atoms with Gasteiger partial charge in [0.05, 0.1) is 12.8 Å². The van der Waals surface area contributed by atoms with Crippen LogP contribution >= 0.6 is 11.6 Å². The first kappa shape index (κ1) is 16.5. The molecule has 26 heavy (non-hydrogen) atoms. The number of benzene rings is 1. The Labute approximate surface area is 155 Å². The smallest absolute Gasteiger partial charge is 0.226 e. The number of ether oxygens (including phenoxy) is 1. The van der Waals surface area contributed by atoms with Crippen LogP contribution in [0.2, 0.25) is 5.15 Å². The van der Waals surface area contributed by atoms with Gasteiger partial charge in [-0.3, -0.25) is 4.79 Å². The van der Waals surface area contributed by atoms with E-state index in [0.717, 1.165) is 22.6 Å². The zero-order chi connectivity index (χ0) is 18.3. The van der Waals surface area contributed by atoms with Gasteiger partial charge in [0.2, 0.25) is 5.91 Å². The molecule has 8 heteroatoms. The van der Waals surface area contributed by atoms with E-state index in [-0.39, 0.29) is 11.8 Å².